The lowest BCUT2D eigenvalue weighted by Crippen LogP contribution is -2.35. The SMILES string of the molecule is O=C(OCc1ccccc1)C1CCCNC1. The van der Waals surface area contributed by atoms with Crippen molar-refractivity contribution < 1.29 is 9.53 Å². The number of carbonyl (C=O) groups excluding carboxylic acids is 1. The van der Waals surface area contributed by atoms with E-state index < -0.39 is 0 Å². The lowest BCUT2D eigenvalue weighted by Gasteiger charge is -2.21. The molecule has 0 radical (unpaired) electrons. The number of hydrogen-bond donors (Lipinski definition) is 1. The molecule has 0 saturated carbocycles. The molecule has 0 bridgehead atoms. The fourth-order valence-electron chi connectivity index (χ4n) is 1.90. The predicted octanol–water partition coefficient (Wildman–Crippen LogP) is 1.73. The van der Waals surface area contributed by atoms with Gasteiger partial charge >= 0.3 is 5.97 Å². The molecule has 1 heterocycles. The van der Waals surface area contributed by atoms with E-state index in [0.717, 1.165) is 31.5 Å². The molecular formula is C13H17NO2. The standard InChI is InChI=1S/C13H17NO2/c15-13(12-7-4-8-14-9-12)16-10-11-5-2-1-3-6-11/h1-3,5-6,12,14H,4,7-10H2. The number of carbonyl (C=O) groups is 1. The van der Waals surface area contributed by atoms with Crippen LogP contribution in [0.2, 0.25) is 0 Å². The average Bonchev–Trinajstić information content (AvgIpc) is 2.38. The van der Waals surface area contributed by atoms with Crippen LogP contribution in [0, 0.1) is 5.92 Å². The van der Waals surface area contributed by atoms with Crippen LogP contribution in [0.3, 0.4) is 0 Å². The third-order valence-corrected chi connectivity index (χ3v) is 2.85. The van der Waals surface area contributed by atoms with E-state index >= 15 is 0 Å². The van der Waals surface area contributed by atoms with Crippen molar-refractivity contribution in [1.82, 2.24) is 5.32 Å². The Balaban J connectivity index is 1.79. The number of benzene rings is 1. The van der Waals surface area contributed by atoms with E-state index in [2.05, 4.69) is 5.32 Å². The third-order valence-electron chi connectivity index (χ3n) is 2.85. The van der Waals surface area contributed by atoms with Crippen molar-refractivity contribution in [1.29, 1.82) is 0 Å². The van der Waals surface area contributed by atoms with E-state index in [1.807, 2.05) is 30.3 Å². The molecule has 3 nitrogen and oxygen atoms in total. The summed E-state index contributed by atoms with van der Waals surface area (Å²) in [5.41, 5.74) is 1.04. The van der Waals surface area contributed by atoms with Crippen LogP contribution in [0.4, 0.5) is 0 Å². The van der Waals surface area contributed by atoms with Crippen LogP contribution in [0.15, 0.2) is 30.3 Å². The maximum Gasteiger partial charge on any atom is 0.310 e. The lowest BCUT2D eigenvalue weighted by molar-refractivity contribution is -0.150. The van der Waals surface area contributed by atoms with Gasteiger partial charge in [0, 0.05) is 6.54 Å². The Bertz CT molecular complexity index is 331. The molecule has 16 heavy (non-hydrogen) atoms. The second kappa shape index (κ2) is 5.66. The molecule has 1 aliphatic rings. The quantitative estimate of drug-likeness (QED) is 0.787. The summed E-state index contributed by atoms with van der Waals surface area (Å²) in [5, 5.41) is 3.21. The van der Waals surface area contributed by atoms with Gasteiger partial charge in [-0.1, -0.05) is 30.3 Å². The fraction of sp³-hybridized carbons (Fsp3) is 0.462. The number of piperidine rings is 1. The number of hydrogen-bond acceptors (Lipinski definition) is 3. The van der Waals surface area contributed by atoms with Gasteiger partial charge in [0.2, 0.25) is 0 Å². The molecule has 1 saturated heterocycles. The molecule has 1 fully saturated rings. The van der Waals surface area contributed by atoms with E-state index in [0.29, 0.717) is 6.61 Å². The van der Waals surface area contributed by atoms with Crippen LogP contribution >= 0.6 is 0 Å². The first-order valence-electron chi connectivity index (χ1n) is 5.77. The number of rotatable bonds is 3. The smallest absolute Gasteiger partial charge is 0.310 e. The van der Waals surface area contributed by atoms with Crippen molar-refractivity contribution in [3.63, 3.8) is 0 Å². The molecule has 86 valence electrons. The summed E-state index contributed by atoms with van der Waals surface area (Å²) in [4.78, 5) is 11.7. The lowest BCUT2D eigenvalue weighted by atomic mass is 10.0. The van der Waals surface area contributed by atoms with Gasteiger partial charge in [0.1, 0.15) is 6.61 Å². The van der Waals surface area contributed by atoms with Gasteiger partial charge in [0.05, 0.1) is 5.92 Å². The number of esters is 1. The molecule has 0 aromatic heterocycles. The maximum absolute atomic E-state index is 11.7. The highest BCUT2D eigenvalue weighted by Crippen LogP contribution is 2.12. The van der Waals surface area contributed by atoms with Crippen LogP contribution in [0.1, 0.15) is 18.4 Å². The second-order valence-corrected chi connectivity index (χ2v) is 4.14. The van der Waals surface area contributed by atoms with Crippen LogP contribution in [-0.2, 0) is 16.1 Å². The number of ether oxygens (including phenoxy) is 1. The maximum atomic E-state index is 11.7. The van der Waals surface area contributed by atoms with Gasteiger partial charge in [0.25, 0.3) is 0 Å². The minimum Gasteiger partial charge on any atom is -0.461 e. The van der Waals surface area contributed by atoms with E-state index in [1.54, 1.807) is 0 Å². The summed E-state index contributed by atoms with van der Waals surface area (Å²) in [6, 6.07) is 9.78. The van der Waals surface area contributed by atoms with E-state index in [9.17, 15) is 4.79 Å². The van der Waals surface area contributed by atoms with Gasteiger partial charge in [-0.25, -0.2) is 0 Å². The molecule has 1 aliphatic heterocycles. The van der Waals surface area contributed by atoms with Crippen molar-refractivity contribution in [2.24, 2.45) is 5.92 Å². The van der Waals surface area contributed by atoms with Gasteiger partial charge in [0.15, 0.2) is 0 Å². The largest absolute Gasteiger partial charge is 0.461 e. The van der Waals surface area contributed by atoms with Gasteiger partial charge in [-0.3, -0.25) is 4.79 Å². The molecule has 1 aromatic carbocycles. The summed E-state index contributed by atoms with van der Waals surface area (Å²) < 4.78 is 5.29. The van der Waals surface area contributed by atoms with Crippen molar-refractivity contribution in [2.75, 3.05) is 13.1 Å². The Hall–Kier alpha value is -1.35. The Morgan fingerprint density at radius 2 is 2.19 bits per heavy atom. The van der Waals surface area contributed by atoms with Crippen molar-refractivity contribution >= 4 is 5.97 Å². The van der Waals surface area contributed by atoms with Crippen molar-refractivity contribution in [3.05, 3.63) is 35.9 Å². The van der Waals surface area contributed by atoms with Crippen LogP contribution in [0.25, 0.3) is 0 Å². The summed E-state index contributed by atoms with van der Waals surface area (Å²) in [6.45, 7) is 2.16. The first kappa shape index (κ1) is 11.1. The molecule has 1 unspecified atom stereocenters. The minimum atomic E-state index is -0.0731. The van der Waals surface area contributed by atoms with Crippen LogP contribution in [-0.4, -0.2) is 19.1 Å². The molecule has 0 aliphatic carbocycles. The summed E-state index contributed by atoms with van der Waals surface area (Å²) in [7, 11) is 0. The first-order chi connectivity index (χ1) is 7.86. The van der Waals surface area contributed by atoms with Crippen molar-refractivity contribution in [3.8, 4) is 0 Å². The normalized spacial score (nSPS) is 20.4. The van der Waals surface area contributed by atoms with E-state index in [4.69, 9.17) is 4.74 Å². The third kappa shape index (κ3) is 3.07. The van der Waals surface area contributed by atoms with Crippen LogP contribution in [0.5, 0.6) is 0 Å². The zero-order valence-corrected chi connectivity index (χ0v) is 9.32. The summed E-state index contributed by atoms with van der Waals surface area (Å²) in [5.74, 6) is -0.0338. The molecule has 1 N–H and O–H groups in total. The van der Waals surface area contributed by atoms with Crippen LogP contribution < -0.4 is 5.32 Å². The Kier molecular flexibility index (Phi) is 3.94. The fourth-order valence-corrected chi connectivity index (χ4v) is 1.90. The molecule has 0 amide bonds. The number of nitrogens with one attached hydrogen (secondary N) is 1. The first-order valence-corrected chi connectivity index (χ1v) is 5.77. The Morgan fingerprint density at radius 3 is 2.88 bits per heavy atom. The zero-order valence-electron chi connectivity index (χ0n) is 9.32. The molecule has 1 atom stereocenters. The molecular weight excluding hydrogens is 202 g/mol. The minimum absolute atomic E-state index is 0.0393. The van der Waals surface area contributed by atoms with E-state index in [-0.39, 0.29) is 11.9 Å². The predicted molar refractivity (Wildman–Crippen MR) is 61.8 cm³/mol. The highest BCUT2D eigenvalue weighted by molar-refractivity contribution is 5.72. The Labute approximate surface area is 95.8 Å². The summed E-state index contributed by atoms with van der Waals surface area (Å²) in [6.07, 6.45) is 2.01. The molecule has 0 spiro atoms. The van der Waals surface area contributed by atoms with Gasteiger partial charge < -0.3 is 10.1 Å². The second-order valence-electron chi connectivity index (χ2n) is 4.14. The zero-order chi connectivity index (χ0) is 11.2. The highest BCUT2D eigenvalue weighted by atomic mass is 16.5. The van der Waals surface area contributed by atoms with Gasteiger partial charge in [-0.2, -0.15) is 0 Å². The van der Waals surface area contributed by atoms with E-state index in [1.165, 1.54) is 0 Å². The van der Waals surface area contributed by atoms with Gasteiger partial charge in [-0.05, 0) is 24.9 Å². The summed E-state index contributed by atoms with van der Waals surface area (Å²) >= 11 is 0. The van der Waals surface area contributed by atoms with Gasteiger partial charge in [-0.15, -0.1) is 0 Å². The van der Waals surface area contributed by atoms with Crippen molar-refractivity contribution in [2.45, 2.75) is 19.4 Å². The molecule has 1 aromatic rings. The topological polar surface area (TPSA) is 38.3 Å². The Morgan fingerprint density at radius 1 is 1.38 bits per heavy atom. The highest BCUT2D eigenvalue weighted by Gasteiger charge is 2.21. The average molecular weight is 219 g/mol. The molecule has 3 heteroatoms. The monoisotopic (exact) mass is 219 g/mol. The molecule has 2 rings (SSSR count).